The summed E-state index contributed by atoms with van der Waals surface area (Å²) in [6, 6.07) is 5.63. The molecule has 1 N–H and O–H groups in total. The Bertz CT molecular complexity index is 1230. The quantitative estimate of drug-likeness (QED) is 0.204. The van der Waals surface area contributed by atoms with Gasteiger partial charge in [0, 0.05) is 17.1 Å². The highest BCUT2D eigenvalue weighted by atomic mass is 79.9. The summed E-state index contributed by atoms with van der Waals surface area (Å²) in [5, 5.41) is 4.00. The molecule has 0 unspecified atom stereocenters. The molecule has 6 nitrogen and oxygen atoms in total. The van der Waals surface area contributed by atoms with Gasteiger partial charge in [-0.15, -0.1) is 5.54 Å². The van der Waals surface area contributed by atoms with Crippen LogP contribution in [-0.4, -0.2) is 41.3 Å². The average Bonchev–Trinajstić information content (AvgIpc) is 2.68. The van der Waals surface area contributed by atoms with Crippen molar-refractivity contribution in [3.8, 4) is 22.7 Å². The third-order valence-corrected chi connectivity index (χ3v) is 7.23. The van der Waals surface area contributed by atoms with Gasteiger partial charge in [-0.1, -0.05) is 31.6 Å². The number of nitrogens with one attached hydrogen (secondary N) is 1. The molecule has 0 aliphatic heterocycles. The SMILES string of the molecule is C[Si](C)(C)C#Cc1cnc(-c2ccc(Nc3nc(Cl)ncc3Br)c(P(C)(C)=O)c2)cn1. The van der Waals surface area contributed by atoms with Crippen molar-refractivity contribution < 1.29 is 4.57 Å². The van der Waals surface area contributed by atoms with Gasteiger partial charge in [-0.05, 0) is 53.0 Å². The van der Waals surface area contributed by atoms with Crippen LogP contribution in [-0.2, 0) is 4.57 Å². The molecule has 0 radical (unpaired) electrons. The van der Waals surface area contributed by atoms with E-state index in [4.69, 9.17) is 11.6 Å². The predicted molar refractivity (Wildman–Crippen MR) is 135 cm³/mol. The van der Waals surface area contributed by atoms with Crippen molar-refractivity contribution in [2.45, 2.75) is 19.6 Å². The van der Waals surface area contributed by atoms with E-state index in [-0.39, 0.29) is 5.28 Å². The van der Waals surface area contributed by atoms with E-state index in [1.165, 1.54) is 0 Å². The highest BCUT2D eigenvalue weighted by Crippen LogP contribution is 2.40. The van der Waals surface area contributed by atoms with E-state index in [2.05, 4.69) is 72.3 Å². The molecule has 3 aromatic rings. The van der Waals surface area contributed by atoms with Crippen LogP contribution >= 0.6 is 34.7 Å². The molecule has 3 rings (SSSR count). The molecule has 1 aromatic carbocycles. The first-order valence-corrected chi connectivity index (χ1v) is 16.7. The first kappa shape index (κ1) is 23.6. The number of nitrogens with zero attached hydrogens (tertiary/aromatic N) is 4. The highest BCUT2D eigenvalue weighted by molar-refractivity contribution is 9.10. The van der Waals surface area contributed by atoms with Gasteiger partial charge < -0.3 is 9.88 Å². The first-order chi connectivity index (χ1) is 14.4. The van der Waals surface area contributed by atoms with Crippen LogP contribution in [0, 0.1) is 11.5 Å². The summed E-state index contributed by atoms with van der Waals surface area (Å²) in [4.78, 5) is 17.1. The average molecular weight is 535 g/mol. The number of aromatic nitrogens is 4. The summed E-state index contributed by atoms with van der Waals surface area (Å²) in [6.45, 7) is 9.99. The minimum absolute atomic E-state index is 0.118. The van der Waals surface area contributed by atoms with E-state index in [1.807, 2.05) is 18.2 Å². The first-order valence-electron chi connectivity index (χ1n) is 9.43. The lowest BCUT2D eigenvalue weighted by atomic mass is 10.1. The molecule has 0 aliphatic carbocycles. The third kappa shape index (κ3) is 6.47. The molecule has 2 aromatic heterocycles. The fourth-order valence-corrected chi connectivity index (χ4v) is 4.68. The van der Waals surface area contributed by atoms with Crippen LogP contribution in [0.1, 0.15) is 5.69 Å². The highest BCUT2D eigenvalue weighted by Gasteiger charge is 2.19. The van der Waals surface area contributed by atoms with Crippen LogP contribution in [0.3, 0.4) is 0 Å². The molecule has 0 atom stereocenters. The van der Waals surface area contributed by atoms with Gasteiger partial charge in [0.25, 0.3) is 0 Å². The molecule has 0 fully saturated rings. The summed E-state index contributed by atoms with van der Waals surface area (Å²) in [5.41, 5.74) is 6.11. The van der Waals surface area contributed by atoms with Crippen LogP contribution in [0.5, 0.6) is 0 Å². The molecule has 31 heavy (non-hydrogen) atoms. The van der Waals surface area contributed by atoms with Gasteiger partial charge >= 0.3 is 0 Å². The summed E-state index contributed by atoms with van der Waals surface area (Å²) in [7, 11) is -4.11. The Balaban J connectivity index is 1.97. The molecule has 2 heterocycles. The summed E-state index contributed by atoms with van der Waals surface area (Å²) in [6.07, 6.45) is 4.93. The lowest BCUT2D eigenvalue weighted by molar-refractivity contribution is 0.588. The second-order valence-electron chi connectivity index (χ2n) is 8.33. The Morgan fingerprint density at radius 2 is 1.84 bits per heavy atom. The maximum atomic E-state index is 13.0. The fourth-order valence-electron chi connectivity index (χ4n) is 2.60. The van der Waals surface area contributed by atoms with Crippen LogP contribution in [0.25, 0.3) is 11.3 Å². The molecule has 0 amide bonds. The van der Waals surface area contributed by atoms with E-state index in [0.29, 0.717) is 32.7 Å². The number of rotatable bonds is 4. The molecule has 0 saturated carbocycles. The minimum atomic E-state index is -2.63. The summed E-state index contributed by atoms with van der Waals surface area (Å²) in [5.74, 6) is 3.59. The van der Waals surface area contributed by atoms with Crippen molar-refractivity contribution in [2.75, 3.05) is 18.6 Å². The van der Waals surface area contributed by atoms with Crippen LogP contribution in [0.2, 0.25) is 24.9 Å². The molecule has 0 spiro atoms. The molecular weight excluding hydrogens is 513 g/mol. The third-order valence-electron chi connectivity index (χ3n) is 4.06. The van der Waals surface area contributed by atoms with E-state index in [9.17, 15) is 4.57 Å². The topological polar surface area (TPSA) is 80.7 Å². The van der Waals surface area contributed by atoms with Crippen molar-refractivity contribution in [2.24, 2.45) is 0 Å². The molecule has 160 valence electrons. The van der Waals surface area contributed by atoms with Crippen molar-refractivity contribution in [1.82, 2.24) is 19.9 Å². The van der Waals surface area contributed by atoms with Gasteiger partial charge in [-0.3, -0.25) is 4.98 Å². The van der Waals surface area contributed by atoms with Gasteiger partial charge in [-0.2, -0.15) is 4.98 Å². The maximum absolute atomic E-state index is 13.0. The van der Waals surface area contributed by atoms with E-state index in [0.717, 1.165) is 5.56 Å². The summed E-state index contributed by atoms with van der Waals surface area (Å²) >= 11 is 9.32. The molecule has 0 saturated heterocycles. The van der Waals surface area contributed by atoms with Gasteiger partial charge in [0.1, 0.15) is 26.7 Å². The zero-order valence-electron chi connectivity index (χ0n) is 17.9. The van der Waals surface area contributed by atoms with E-state index < -0.39 is 15.2 Å². The molecule has 10 heteroatoms. The van der Waals surface area contributed by atoms with Gasteiger partial charge in [0.2, 0.25) is 5.28 Å². The van der Waals surface area contributed by atoms with Gasteiger partial charge in [-0.25, -0.2) is 9.97 Å². The monoisotopic (exact) mass is 533 g/mol. The van der Waals surface area contributed by atoms with Crippen molar-refractivity contribution in [1.29, 1.82) is 0 Å². The Kier molecular flexibility index (Phi) is 7.02. The Labute approximate surface area is 196 Å². The number of benzene rings is 1. The zero-order chi connectivity index (χ0) is 22.8. The Hall–Kier alpha value is -2.04. The van der Waals surface area contributed by atoms with E-state index >= 15 is 0 Å². The van der Waals surface area contributed by atoms with Crippen molar-refractivity contribution >= 4 is 59.6 Å². The van der Waals surface area contributed by atoms with Crippen LogP contribution < -0.4 is 10.6 Å². The smallest absolute Gasteiger partial charge is 0.224 e. The number of hydrogen-bond acceptors (Lipinski definition) is 6. The predicted octanol–water partition coefficient (Wildman–Crippen LogP) is 5.57. The number of halogens is 2. The second-order valence-corrected chi connectivity index (χ2v) is 17.5. The standard InChI is InChI=1S/C21H22BrClN5OPSi/c1-30(2,29)19-10-14(18-13-24-15(11-25-18)8-9-31(3,4)5)6-7-17(19)27-20-16(22)12-26-21(23)28-20/h6-7,10-13H,1-5H3,(H,26,27,28). The largest absolute Gasteiger partial charge is 0.339 e. The minimum Gasteiger partial charge on any atom is -0.339 e. The number of hydrogen-bond donors (Lipinski definition) is 1. The normalized spacial score (nSPS) is 11.6. The molecular formula is C21H22BrClN5OPSi. The van der Waals surface area contributed by atoms with E-state index in [1.54, 1.807) is 31.9 Å². The lowest BCUT2D eigenvalue weighted by Gasteiger charge is -2.17. The number of anilines is 2. The zero-order valence-corrected chi connectivity index (χ0v) is 22.1. The second kappa shape index (κ2) is 9.21. The summed E-state index contributed by atoms with van der Waals surface area (Å²) < 4.78 is 13.7. The van der Waals surface area contributed by atoms with Crippen molar-refractivity contribution in [3.63, 3.8) is 0 Å². The van der Waals surface area contributed by atoms with Crippen LogP contribution in [0.15, 0.2) is 41.3 Å². The maximum Gasteiger partial charge on any atom is 0.224 e. The van der Waals surface area contributed by atoms with Crippen LogP contribution in [0.4, 0.5) is 11.5 Å². The van der Waals surface area contributed by atoms with Crippen molar-refractivity contribution in [3.05, 3.63) is 52.2 Å². The van der Waals surface area contributed by atoms with Gasteiger partial charge in [0.15, 0.2) is 0 Å². The fraction of sp³-hybridized carbons (Fsp3) is 0.238. The lowest BCUT2D eigenvalue weighted by Crippen LogP contribution is -2.16. The Morgan fingerprint density at radius 1 is 1.10 bits per heavy atom. The Morgan fingerprint density at radius 3 is 2.45 bits per heavy atom. The van der Waals surface area contributed by atoms with Gasteiger partial charge in [0.05, 0.1) is 28.2 Å². The molecule has 0 bridgehead atoms. The molecule has 0 aliphatic rings.